The van der Waals surface area contributed by atoms with Crippen molar-refractivity contribution >= 4 is 11.9 Å². The lowest BCUT2D eigenvalue weighted by Gasteiger charge is -2.26. The Morgan fingerprint density at radius 1 is 1.38 bits per heavy atom. The quantitative estimate of drug-likeness (QED) is 0.683. The summed E-state index contributed by atoms with van der Waals surface area (Å²) in [7, 11) is 1.62. The molecule has 0 atom stereocenters. The van der Waals surface area contributed by atoms with E-state index < -0.39 is 5.97 Å². The van der Waals surface area contributed by atoms with Crippen molar-refractivity contribution < 1.29 is 19.1 Å². The topological polar surface area (TPSA) is 60.8 Å². The Balaban J connectivity index is 2.86. The summed E-state index contributed by atoms with van der Waals surface area (Å²) in [5.74, 6) is -0.575. The number of rotatable bonds is 8. The van der Waals surface area contributed by atoms with Crippen LogP contribution >= 0.6 is 0 Å². The molecule has 0 aromatic carbocycles. The maximum absolute atomic E-state index is 12.6. The molecular weight excluding hydrogens is 272 g/mol. The molecule has 1 aromatic heterocycles. The first-order valence-electron chi connectivity index (χ1n) is 7.11. The summed E-state index contributed by atoms with van der Waals surface area (Å²) in [6.45, 7) is 6.88. The van der Waals surface area contributed by atoms with Crippen molar-refractivity contribution in [3.8, 4) is 0 Å². The van der Waals surface area contributed by atoms with Crippen LogP contribution in [-0.4, -0.2) is 54.3 Å². The maximum atomic E-state index is 12.6. The second-order valence-corrected chi connectivity index (χ2v) is 4.91. The van der Waals surface area contributed by atoms with E-state index in [-0.39, 0.29) is 18.5 Å². The van der Waals surface area contributed by atoms with Gasteiger partial charge in [0.05, 0.1) is 13.2 Å². The number of esters is 1. The van der Waals surface area contributed by atoms with E-state index >= 15 is 0 Å². The van der Waals surface area contributed by atoms with Gasteiger partial charge >= 0.3 is 5.97 Å². The van der Waals surface area contributed by atoms with Crippen LogP contribution in [0.15, 0.2) is 18.3 Å². The highest BCUT2D eigenvalue weighted by Crippen LogP contribution is 2.10. The van der Waals surface area contributed by atoms with Crippen LogP contribution in [-0.2, 0) is 20.8 Å². The van der Waals surface area contributed by atoms with E-state index in [1.54, 1.807) is 20.1 Å². The average molecular weight is 296 g/mol. The van der Waals surface area contributed by atoms with Gasteiger partial charge in [0.25, 0.3) is 5.91 Å². The molecule has 0 unspecified atom stereocenters. The first-order valence-corrected chi connectivity index (χ1v) is 7.11. The molecule has 118 valence electrons. The number of methoxy groups -OCH3 is 1. The Kier molecular flexibility index (Phi) is 6.94. The molecule has 0 fully saturated rings. The zero-order valence-electron chi connectivity index (χ0n) is 13.2. The Morgan fingerprint density at radius 3 is 2.67 bits per heavy atom. The summed E-state index contributed by atoms with van der Waals surface area (Å²) in [6.07, 6.45) is 1.83. The number of amides is 1. The molecule has 21 heavy (non-hydrogen) atoms. The number of hydrogen-bond acceptors (Lipinski definition) is 4. The Morgan fingerprint density at radius 2 is 2.10 bits per heavy atom. The lowest BCUT2D eigenvalue weighted by Crippen LogP contribution is -2.42. The third kappa shape index (κ3) is 4.90. The molecular formula is C15H24N2O4. The minimum absolute atomic E-state index is 0.0419. The van der Waals surface area contributed by atoms with Gasteiger partial charge < -0.3 is 18.9 Å². The Hall–Kier alpha value is -1.82. The molecule has 0 spiro atoms. The van der Waals surface area contributed by atoms with Crippen LogP contribution < -0.4 is 0 Å². The lowest BCUT2D eigenvalue weighted by molar-refractivity contribution is -0.144. The molecule has 0 bridgehead atoms. The number of nitrogens with zero attached hydrogens (tertiary/aromatic N) is 2. The van der Waals surface area contributed by atoms with Gasteiger partial charge in [-0.05, 0) is 32.9 Å². The largest absolute Gasteiger partial charge is 0.465 e. The zero-order chi connectivity index (χ0) is 15.8. The predicted molar refractivity (Wildman–Crippen MR) is 79.1 cm³/mol. The zero-order valence-corrected chi connectivity index (χ0v) is 13.2. The van der Waals surface area contributed by atoms with Crippen LogP contribution in [0.3, 0.4) is 0 Å². The van der Waals surface area contributed by atoms with Crippen molar-refractivity contribution in [2.24, 2.45) is 0 Å². The molecule has 6 nitrogen and oxygen atoms in total. The Labute approximate surface area is 125 Å². The number of carbonyl (C=O) groups is 2. The highest BCUT2D eigenvalue weighted by Gasteiger charge is 2.24. The van der Waals surface area contributed by atoms with Gasteiger partial charge in [-0.25, -0.2) is 0 Å². The van der Waals surface area contributed by atoms with E-state index in [2.05, 4.69) is 0 Å². The van der Waals surface area contributed by atoms with Crippen molar-refractivity contribution in [3.63, 3.8) is 0 Å². The van der Waals surface area contributed by atoms with Crippen molar-refractivity contribution in [3.05, 3.63) is 24.0 Å². The van der Waals surface area contributed by atoms with Gasteiger partial charge in [-0.3, -0.25) is 9.59 Å². The van der Waals surface area contributed by atoms with E-state index in [0.717, 1.165) is 0 Å². The molecule has 1 amide bonds. The van der Waals surface area contributed by atoms with Gasteiger partial charge in [-0.15, -0.1) is 0 Å². The van der Waals surface area contributed by atoms with Gasteiger partial charge in [0.15, 0.2) is 0 Å². The molecule has 0 saturated carbocycles. The highest BCUT2D eigenvalue weighted by atomic mass is 16.5. The number of hydrogen-bond donors (Lipinski definition) is 0. The molecule has 0 N–H and O–H groups in total. The number of carbonyl (C=O) groups excluding carboxylic acids is 2. The smallest absolute Gasteiger partial charge is 0.325 e. The van der Waals surface area contributed by atoms with Gasteiger partial charge in [0.2, 0.25) is 0 Å². The maximum Gasteiger partial charge on any atom is 0.325 e. The molecule has 1 rings (SSSR count). The van der Waals surface area contributed by atoms with Crippen molar-refractivity contribution in [1.82, 2.24) is 9.47 Å². The van der Waals surface area contributed by atoms with Crippen molar-refractivity contribution in [2.45, 2.75) is 33.4 Å². The van der Waals surface area contributed by atoms with E-state index in [4.69, 9.17) is 9.47 Å². The lowest BCUT2D eigenvalue weighted by atomic mass is 10.2. The molecule has 0 aliphatic carbocycles. The molecule has 0 aliphatic rings. The summed E-state index contributed by atoms with van der Waals surface area (Å²) in [6, 6.07) is 3.47. The second kappa shape index (κ2) is 8.46. The number of aromatic nitrogens is 1. The highest BCUT2D eigenvalue weighted by molar-refractivity contribution is 5.94. The molecule has 6 heteroatoms. The van der Waals surface area contributed by atoms with Gasteiger partial charge in [-0.1, -0.05) is 0 Å². The third-order valence-electron chi connectivity index (χ3n) is 3.07. The summed E-state index contributed by atoms with van der Waals surface area (Å²) in [5.41, 5.74) is 0.546. The fourth-order valence-corrected chi connectivity index (χ4v) is 1.97. The summed E-state index contributed by atoms with van der Waals surface area (Å²) >= 11 is 0. The first kappa shape index (κ1) is 17.2. The second-order valence-electron chi connectivity index (χ2n) is 4.91. The molecule has 1 aromatic rings. The van der Waals surface area contributed by atoms with E-state index in [9.17, 15) is 9.59 Å². The van der Waals surface area contributed by atoms with Crippen LogP contribution in [0.4, 0.5) is 0 Å². The SMILES string of the molecule is CCOC(=O)CN(C(=O)c1cccn1CCOC)C(C)C. The van der Waals surface area contributed by atoms with E-state index in [1.165, 1.54) is 4.90 Å². The fourth-order valence-electron chi connectivity index (χ4n) is 1.97. The minimum atomic E-state index is -0.394. The molecule has 0 radical (unpaired) electrons. The normalized spacial score (nSPS) is 10.7. The minimum Gasteiger partial charge on any atom is -0.465 e. The molecule has 0 aliphatic heterocycles. The van der Waals surface area contributed by atoms with Crippen LogP contribution in [0.25, 0.3) is 0 Å². The third-order valence-corrected chi connectivity index (χ3v) is 3.07. The van der Waals surface area contributed by atoms with Crippen LogP contribution in [0.5, 0.6) is 0 Å². The molecule has 0 saturated heterocycles. The average Bonchev–Trinajstić information content (AvgIpc) is 2.90. The first-order chi connectivity index (χ1) is 10.0. The Bertz CT molecular complexity index is 468. The van der Waals surface area contributed by atoms with Crippen LogP contribution in [0.2, 0.25) is 0 Å². The van der Waals surface area contributed by atoms with Crippen LogP contribution in [0.1, 0.15) is 31.3 Å². The summed E-state index contributed by atoms with van der Waals surface area (Å²) in [5, 5.41) is 0. The van der Waals surface area contributed by atoms with Crippen molar-refractivity contribution in [1.29, 1.82) is 0 Å². The molecule has 1 heterocycles. The summed E-state index contributed by atoms with van der Waals surface area (Å²) < 4.78 is 11.8. The number of ether oxygens (including phenoxy) is 2. The van der Waals surface area contributed by atoms with Gasteiger partial charge in [0, 0.05) is 25.9 Å². The summed E-state index contributed by atoms with van der Waals surface area (Å²) in [4.78, 5) is 25.8. The monoisotopic (exact) mass is 296 g/mol. The van der Waals surface area contributed by atoms with E-state index in [1.807, 2.05) is 30.7 Å². The predicted octanol–water partition coefficient (Wildman–Crippen LogP) is 1.55. The van der Waals surface area contributed by atoms with E-state index in [0.29, 0.717) is 25.5 Å². The van der Waals surface area contributed by atoms with Crippen LogP contribution in [0, 0.1) is 0 Å². The van der Waals surface area contributed by atoms with Gasteiger partial charge in [0.1, 0.15) is 12.2 Å². The van der Waals surface area contributed by atoms with Crippen molar-refractivity contribution in [2.75, 3.05) is 26.9 Å². The van der Waals surface area contributed by atoms with Gasteiger partial charge in [-0.2, -0.15) is 0 Å². The standard InChI is InChI=1S/C15H24N2O4/c1-5-21-14(18)11-17(12(2)3)15(19)13-7-6-8-16(13)9-10-20-4/h6-8,12H,5,9-11H2,1-4H3. The fraction of sp³-hybridized carbons (Fsp3) is 0.600.